The molecular formula is C19H14ClN3OS. The molecule has 0 unspecified atom stereocenters. The summed E-state index contributed by atoms with van der Waals surface area (Å²) >= 11 is 7.27. The summed E-state index contributed by atoms with van der Waals surface area (Å²) in [6.07, 6.45) is 0. The zero-order chi connectivity index (χ0) is 17.8. The first-order chi connectivity index (χ1) is 12.1. The number of carbonyl (C=O) groups excluding carboxylic acids is 1. The fourth-order valence-electron chi connectivity index (χ4n) is 2.33. The molecule has 0 atom stereocenters. The molecule has 0 bridgehead atoms. The van der Waals surface area contributed by atoms with Crippen LogP contribution in [-0.2, 0) is 4.79 Å². The number of amides is 1. The fourth-order valence-corrected chi connectivity index (χ4v) is 3.28. The van der Waals surface area contributed by atoms with Crippen molar-refractivity contribution < 1.29 is 4.79 Å². The van der Waals surface area contributed by atoms with Gasteiger partial charge in [0.1, 0.15) is 11.1 Å². The summed E-state index contributed by atoms with van der Waals surface area (Å²) in [6, 6.07) is 16.9. The van der Waals surface area contributed by atoms with Gasteiger partial charge < -0.3 is 5.32 Å². The van der Waals surface area contributed by atoms with E-state index in [-0.39, 0.29) is 11.7 Å². The molecule has 1 N–H and O–H groups in total. The van der Waals surface area contributed by atoms with Crippen molar-refractivity contribution in [3.05, 3.63) is 64.7 Å². The van der Waals surface area contributed by atoms with Gasteiger partial charge >= 0.3 is 0 Å². The van der Waals surface area contributed by atoms with Gasteiger partial charge in [0.2, 0.25) is 5.91 Å². The predicted octanol–water partition coefficient (Wildman–Crippen LogP) is 4.80. The van der Waals surface area contributed by atoms with Gasteiger partial charge in [0, 0.05) is 5.39 Å². The van der Waals surface area contributed by atoms with Crippen LogP contribution in [0.5, 0.6) is 0 Å². The lowest BCUT2D eigenvalue weighted by Gasteiger charge is -2.08. The zero-order valence-electron chi connectivity index (χ0n) is 13.4. The Morgan fingerprint density at radius 2 is 2.08 bits per heavy atom. The number of aryl methyl sites for hydroxylation is 1. The highest BCUT2D eigenvalue weighted by atomic mass is 35.5. The maximum absolute atomic E-state index is 12.2. The van der Waals surface area contributed by atoms with Crippen molar-refractivity contribution in [3.63, 3.8) is 0 Å². The number of nitriles is 1. The maximum Gasteiger partial charge on any atom is 0.234 e. The minimum atomic E-state index is -0.201. The van der Waals surface area contributed by atoms with E-state index in [0.29, 0.717) is 21.3 Å². The highest BCUT2D eigenvalue weighted by Crippen LogP contribution is 2.26. The molecule has 0 aliphatic heterocycles. The highest BCUT2D eigenvalue weighted by molar-refractivity contribution is 8.00. The van der Waals surface area contributed by atoms with Crippen LogP contribution in [0.2, 0.25) is 5.02 Å². The minimum absolute atomic E-state index is 0.143. The number of halogens is 1. The number of para-hydroxylation sites is 1. The summed E-state index contributed by atoms with van der Waals surface area (Å²) in [5, 5.41) is 14.1. The highest BCUT2D eigenvalue weighted by Gasteiger charge is 2.11. The van der Waals surface area contributed by atoms with Gasteiger partial charge in [0.05, 0.1) is 27.5 Å². The van der Waals surface area contributed by atoms with Gasteiger partial charge in [0.25, 0.3) is 0 Å². The Morgan fingerprint density at radius 1 is 1.28 bits per heavy atom. The molecule has 0 spiro atoms. The molecule has 25 heavy (non-hydrogen) atoms. The largest absolute Gasteiger partial charge is 0.324 e. The number of anilines is 1. The lowest BCUT2D eigenvalue weighted by Crippen LogP contribution is -2.14. The average Bonchev–Trinajstić information content (AvgIpc) is 2.61. The lowest BCUT2D eigenvalue weighted by molar-refractivity contribution is -0.113. The third-order valence-corrected chi connectivity index (χ3v) is 4.87. The number of aromatic nitrogens is 1. The summed E-state index contributed by atoms with van der Waals surface area (Å²) in [6.45, 7) is 1.99. The third kappa shape index (κ3) is 4.11. The molecule has 0 saturated heterocycles. The molecular weight excluding hydrogens is 354 g/mol. The number of nitrogens with one attached hydrogen (secondary N) is 1. The van der Waals surface area contributed by atoms with Gasteiger partial charge in [-0.25, -0.2) is 4.98 Å². The molecule has 6 heteroatoms. The van der Waals surface area contributed by atoms with Crippen molar-refractivity contribution in [1.82, 2.24) is 4.98 Å². The van der Waals surface area contributed by atoms with E-state index < -0.39 is 0 Å². The molecule has 0 aliphatic rings. The van der Waals surface area contributed by atoms with Crippen molar-refractivity contribution in [3.8, 4) is 6.07 Å². The Morgan fingerprint density at radius 3 is 2.84 bits per heavy atom. The van der Waals surface area contributed by atoms with Crippen molar-refractivity contribution in [2.75, 3.05) is 11.1 Å². The number of hydrogen-bond donors (Lipinski definition) is 1. The van der Waals surface area contributed by atoms with E-state index in [9.17, 15) is 10.1 Å². The number of carbonyl (C=O) groups is 1. The van der Waals surface area contributed by atoms with Crippen LogP contribution in [-0.4, -0.2) is 16.6 Å². The second-order valence-corrected chi connectivity index (χ2v) is 6.84. The lowest BCUT2D eigenvalue weighted by atomic mass is 10.1. The molecule has 2 aromatic carbocycles. The third-order valence-electron chi connectivity index (χ3n) is 3.55. The summed E-state index contributed by atoms with van der Waals surface area (Å²) < 4.78 is 0. The van der Waals surface area contributed by atoms with Crippen LogP contribution in [0.4, 0.5) is 5.69 Å². The van der Waals surface area contributed by atoms with Crippen molar-refractivity contribution in [2.24, 2.45) is 0 Å². The summed E-state index contributed by atoms with van der Waals surface area (Å²) in [7, 11) is 0. The van der Waals surface area contributed by atoms with Crippen LogP contribution >= 0.6 is 23.4 Å². The Bertz CT molecular complexity index is 998. The summed E-state index contributed by atoms with van der Waals surface area (Å²) in [5.41, 5.74) is 2.94. The summed E-state index contributed by atoms with van der Waals surface area (Å²) in [4.78, 5) is 16.7. The molecule has 0 saturated carbocycles. The first-order valence-corrected chi connectivity index (χ1v) is 8.92. The number of pyridine rings is 1. The normalized spacial score (nSPS) is 10.4. The van der Waals surface area contributed by atoms with E-state index in [1.54, 1.807) is 30.3 Å². The number of nitrogens with zero attached hydrogens (tertiary/aromatic N) is 2. The molecule has 0 radical (unpaired) electrons. The Hall–Kier alpha value is -2.55. The van der Waals surface area contributed by atoms with Gasteiger partial charge in [-0.3, -0.25) is 4.79 Å². The topological polar surface area (TPSA) is 65.8 Å². The van der Waals surface area contributed by atoms with E-state index in [1.807, 2.05) is 25.1 Å². The minimum Gasteiger partial charge on any atom is -0.324 e. The van der Waals surface area contributed by atoms with E-state index in [0.717, 1.165) is 16.5 Å². The Kier molecular flexibility index (Phi) is 5.22. The molecule has 0 fully saturated rings. The quantitative estimate of drug-likeness (QED) is 0.672. The first-order valence-electron chi connectivity index (χ1n) is 7.55. The van der Waals surface area contributed by atoms with Gasteiger partial charge in [0.15, 0.2) is 0 Å². The molecule has 3 rings (SSSR count). The Labute approximate surface area is 154 Å². The molecule has 0 aliphatic carbocycles. The van der Waals surface area contributed by atoms with E-state index >= 15 is 0 Å². The van der Waals surface area contributed by atoms with Crippen LogP contribution in [0.25, 0.3) is 10.9 Å². The van der Waals surface area contributed by atoms with Crippen molar-refractivity contribution in [1.29, 1.82) is 5.26 Å². The summed E-state index contributed by atoms with van der Waals surface area (Å²) in [5.74, 6) is -0.0577. The van der Waals surface area contributed by atoms with Gasteiger partial charge in [-0.2, -0.15) is 5.26 Å². The van der Waals surface area contributed by atoms with E-state index in [4.69, 9.17) is 11.6 Å². The zero-order valence-corrected chi connectivity index (χ0v) is 15.0. The second-order valence-electron chi connectivity index (χ2n) is 5.47. The number of thioether (sulfide) groups is 1. The monoisotopic (exact) mass is 367 g/mol. The van der Waals surface area contributed by atoms with Crippen LogP contribution in [0, 0.1) is 18.3 Å². The second kappa shape index (κ2) is 7.56. The van der Waals surface area contributed by atoms with E-state index in [1.165, 1.54) is 11.8 Å². The molecule has 1 heterocycles. The molecule has 1 amide bonds. The molecule has 124 valence electrons. The smallest absolute Gasteiger partial charge is 0.234 e. The van der Waals surface area contributed by atoms with Crippen LogP contribution in [0.3, 0.4) is 0 Å². The first kappa shape index (κ1) is 17.3. The number of rotatable bonds is 4. The number of benzene rings is 2. The SMILES string of the molecule is Cc1ccc2cc(C#N)c(SCC(=O)Nc3ccccc3Cl)nc2c1. The Balaban J connectivity index is 1.77. The fraction of sp³-hybridized carbons (Fsp3) is 0.105. The van der Waals surface area contributed by atoms with Gasteiger partial charge in [-0.1, -0.05) is 47.6 Å². The molecule has 3 aromatic rings. The van der Waals surface area contributed by atoms with Crippen molar-refractivity contribution in [2.45, 2.75) is 11.9 Å². The number of fused-ring (bicyclic) bond motifs is 1. The van der Waals surface area contributed by atoms with Crippen LogP contribution < -0.4 is 5.32 Å². The van der Waals surface area contributed by atoms with Crippen LogP contribution in [0.1, 0.15) is 11.1 Å². The van der Waals surface area contributed by atoms with Crippen LogP contribution in [0.15, 0.2) is 53.6 Å². The standard InChI is InChI=1S/C19H14ClN3OS/c1-12-6-7-13-9-14(10-21)19(23-17(13)8-12)25-11-18(24)22-16-5-3-2-4-15(16)20/h2-9H,11H2,1H3,(H,22,24). The number of hydrogen-bond acceptors (Lipinski definition) is 4. The van der Waals surface area contributed by atoms with Gasteiger partial charge in [-0.05, 0) is 36.8 Å². The molecule has 1 aromatic heterocycles. The average molecular weight is 368 g/mol. The van der Waals surface area contributed by atoms with Crippen molar-refractivity contribution >= 4 is 45.9 Å². The van der Waals surface area contributed by atoms with E-state index in [2.05, 4.69) is 16.4 Å². The molecule has 4 nitrogen and oxygen atoms in total. The predicted molar refractivity (Wildman–Crippen MR) is 102 cm³/mol. The van der Waals surface area contributed by atoms with Gasteiger partial charge in [-0.15, -0.1) is 0 Å². The maximum atomic E-state index is 12.2.